The van der Waals surface area contributed by atoms with Crippen LogP contribution in [0, 0.1) is 0 Å². The van der Waals surface area contributed by atoms with Crippen LogP contribution in [0.2, 0.25) is 0 Å². The third kappa shape index (κ3) is 2.94. The number of hydrogen-bond donors (Lipinski definition) is 0. The first-order chi connectivity index (χ1) is 5.29. The zero-order valence-corrected chi connectivity index (χ0v) is 6.67. The first kappa shape index (κ1) is 7.92. The minimum atomic E-state index is 0.527. The van der Waals surface area contributed by atoms with E-state index in [4.69, 9.17) is 9.47 Å². The fourth-order valence-corrected chi connectivity index (χ4v) is 0.665. The normalized spacial score (nSPS) is 15.2. The van der Waals surface area contributed by atoms with E-state index < -0.39 is 0 Å². The first-order valence-corrected chi connectivity index (χ1v) is 3.56. The summed E-state index contributed by atoms with van der Waals surface area (Å²) in [4.78, 5) is 0. The molecule has 2 heteroatoms. The molecule has 0 spiro atoms. The molecule has 0 aromatic rings. The lowest BCUT2D eigenvalue weighted by Gasteiger charge is -2.11. The molecular formula is C9H12O2. The maximum atomic E-state index is 5.23. The Kier molecular flexibility index (Phi) is 2.78. The van der Waals surface area contributed by atoms with Crippen LogP contribution in [-0.2, 0) is 9.47 Å². The van der Waals surface area contributed by atoms with E-state index in [1.807, 2.05) is 19.1 Å². The Morgan fingerprint density at radius 3 is 3.18 bits per heavy atom. The van der Waals surface area contributed by atoms with Gasteiger partial charge in [-0.2, -0.15) is 0 Å². The minimum Gasteiger partial charge on any atom is -0.461 e. The van der Waals surface area contributed by atoms with Crippen LogP contribution in [-0.4, -0.2) is 13.2 Å². The van der Waals surface area contributed by atoms with Crippen LogP contribution in [0.4, 0.5) is 0 Å². The summed E-state index contributed by atoms with van der Waals surface area (Å²) >= 11 is 0. The van der Waals surface area contributed by atoms with Crippen molar-refractivity contribution in [2.24, 2.45) is 0 Å². The highest BCUT2D eigenvalue weighted by atomic mass is 16.7. The van der Waals surface area contributed by atoms with Crippen LogP contribution in [0.25, 0.3) is 0 Å². The van der Waals surface area contributed by atoms with Gasteiger partial charge in [-0.25, -0.2) is 0 Å². The highest BCUT2D eigenvalue weighted by Gasteiger charge is 1.99. The van der Waals surface area contributed by atoms with Crippen molar-refractivity contribution < 1.29 is 9.47 Å². The molecule has 1 aliphatic rings. The zero-order valence-electron chi connectivity index (χ0n) is 6.67. The summed E-state index contributed by atoms with van der Waals surface area (Å²) in [6.07, 6.45) is 5.64. The number of hydrogen-bond acceptors (Lipinski definition) is 2. The second kappa shape index (κ2) is 3.86. The molecule has 0 N–H and O–H groups in total. The largest absolute Gasteiger partial charge is 0.461 e. The maximum Gasteiger partial charge on any atom is 0.279 e. The summed E-state index contributed by atoms with van der Waals surface area (Å²) in [5.41, 5.74) is 0.990. The Bertz CT molecular complexity index is 202. The number of ether oxygens (including phenoxy) is 2. The average molecular weight is 152 g/mol. The first-order valence-electron chi connectivity index (χ1n) is 3.56. The summed E-state index contributed by atoms with van der Waals surface area (Å²) in [5, 5.41) is 0. The van der Waals surface area contributed by atoms with Gasteiger partial charge in [0.2, 0.25) is 0 Å². The lowest BCUT2D eigenvalue weighted by Crippen LogP contribution is -2.02. The quantitative estimate of drug-likeness (QED) is 0.576. The molecule has 0 saturated heterocycles. The van der Waals surface area contributed by atoms with Crippen molar-refractivity contribution in [3.8, 4) is 0 Å². The van der Waals surface area contributed by atoms with Gasteiger partial charge in [-0.1, -0.05) is 12.7 Å². The Morgan fingerprint density at radius 2 is 2.64 bits per heavy atom. The van der Waals surface area contributed by atoms with E-state index in [-0.39, 0.29) is 0 Å². The third-order valence-corrected chi connectivity index (χ3v) is 1.15. The van der Waals surface area contributed by atoms with Crippen LogP contribution >= 0.6 is 0 Å². The molecule has 0 aliphatic carbocycles. The predicted molar refractivity (Wildman–Crippen MR) is 43.9 cm³/mol. The Labute approximate surface area is 66.8 Å². The van der Waals surface area contributed by atoms with Crippen molar-refractivity contribution in [1.82, 2.24) is 0 Å². The number of allylic oxidation sites excluding steroid dienone is 2. The summed E-state index contributed by atoms with van der Waals surface area (Å²) < 4.78 is 10.4. The van der Waals surface area contributed by atoms with Crippen molar-refractivity contribution in [2.45, 2.75) is 6.92 Å². The van der Waals surface area contributed by atoms with E-state index in [2.05, 4.69) is 6.58 Å². The van der Waals surface area contributed by atoms with E-state index in [0.717, 1.165) is 5.57 Å². The molecule has 0 fully saturated rings. The molecule has 1 rings (SSSR count). The van der Waals surface area contributed by atoms with E-state index in [1.54, 1.807) is 6.08 Å². The lowest BCUT2D eigenvalue weighted by molar-refractivity contribution is 0.0553. The van der Waals surface area contributed by atoms with Gasteiger partial charge in [-0.05, 0) is 18.6 Å². The molecule has 11 heavy (non-hydrogen) atoms. The van der Waals surface area contributed by atoms with Gasteiger partial charge in [0.1, 0.15) is 13.2 Å². The highest BCUT2D eigenvalue weighted by molar-refractivity contribution is 5.08. The Morgan fingerprint density at radius 1 is 1.82 bits per heavy atom. The van der Waals surface area contributed by atoms with Crippen LogP contribution in [0.3, 0.4) is 0 Å². The van der Waals surface area contributed by atoms with E-state index in [9.17, 15) is 0 Å². The standard InChI is InChI=1S/C9H12O2/c1-8(2)7-11-9-5-3-4-6-10-9/h3-5H,1,6-7H2,2H3. The summed E-state index contributed by atoms with van der Waals surface area (Å²) in [5.74, 6) is 0.579. The predicted octanol–water partition coefficient (Wildman–Crippen LogP) is 2.01. The van der Waals surface area contributed by atoms with E-state index >= 15 is 0 Å². The van der Waals surface area contributed by atoms with Crippen LogP contribution in [0.15, 0.2) is 36.3 Å². The molecule has 1 heterocycles. The molecule has 1 aliphatic heterocycles. The number of rotatable bonds is 3. The van der Waals surface area contributed by atoms with Crippen LogP contribution < -0.4 is 0 Å². The molecule has 0 amide bonds. The SMILES string of the molecule is C=C(C)COC1=CC=CCO1. The molecule has 0 saturated carbocycles. The van der Waals surface area contributed by atoms with Crippen LogP contribution in [0.5, 0.6) is 0 Å². The molecule has 2 nitrogen and oxygen atoms in total. The molecule has 0 atom stereocenters. The average Bonchev–Trinajstić information content (AvgIpc) is 2.03. The summed E-state index contributed by atoms with van der Waals surface area (Å²) in [7, 11) is 0. The Balaban J connectivity index is 2.31. The maximum absolute atomic E-state index is 5.23. The van der Waals surface area contributed by atoms with Crippen molar-refractivity contribution in [3.63, 3.8) is 0 Å². The summed E-state index contributed by atoms with van der Waals surface area (Å²) in [6, 6.07) is 0. The molecular weight excluding hydrogens is 140 g/mol. The van der Waals surface area contributed by atoms with Gasteiger partial charge in [0.05, 0.1) is 0 Å². The molecule has 0 unspecified atom stereocenters. The smallest absolute Gasteiger partial charge is 0.279 e. The minimum absolute atomic E-state index is 0.527. The van der Waals surface area contributed by atoms with E-state index in [0.29, 0.717) is 19.2 Å². The van der Waals surface area contributed by atoms with Crippen molar-refractivity contribution in [1.29, 1.82) is 0 Å². The van der Waals surface area contributed by atoms with Gasteiger partial charge >= 0.3 is 0 Å². The topological polar surface area (TPSA) is 18.5 Å². The van der Waals surface area contributed by atoms with Gasteiger partial charge in [0.25, 0.3) is 5.95 Å². The highest BCUT2D eigenvalue weighted by Crippen LogP contribution is 2.06. The molecule has 0 bridgehead atoms. The fourth-order valence-electron chi connectivity index (χ4n) is 0.665. The second-order valence-electron chi connectivity index (χ2n) is 2.47. The van der Waals surface area contributed by atoms with Crippen molar-refractivity contribution >= 4 is 0 Å². The lowest BCUT2D eigenvalue weighted by atomic mass is 10.4. The monoisotopic (exact) mass is 152 g/mol. The van der Waals surface area contributed by atoms with Gasteiger partial charge in [0.15, 0.2) is 0 Å². The van der Waals surface area contributed by atoms with Crippen molar-refractivity contribution in [3.05, 3.63) is 36.3 Å². The van der Waals surface area contributed by atoms with Gasteiger partial charge in [-0.3, -0.25) is 0 Å². The van der Waals surface area contributed by atoms with E-state index in [1.165, 1.54) is 0 Å². The molecule has 0 radical (unpaired) electrons. The molecule has 0 aromatic heterocycles. The van der Waals surface area contributed by atoms with Gasteiger partial charge < -0.3 is 9.47 Å². The zero-order chi connectivity index (χ0) is 8.10. The van der Waals surface area contributed by atoms with Crippen LogP contribution in [0.1, 0.15) is 6.92 Å². The Hall–Kier alpha value is -1.18. The van der Waals surface area contributed by atoms with Crippen molar-refractivity contribution in [2.75, 3.05) is 13.2 Å². The third-order valence-electron chi connectivity index (χ3n) is 1.15. The summed E-state index contributed by atoms with van der Waals surface area (Å²) in [6.45, 7) is 6.76. The fraction of sp³-hybridized carbons (Fsp3) is 0.333. The van der Waals surface area contributed by atoms with Gasteiger partial charge in [-0.15, -0.1) is 0 Å². The second-order valence-corrected chi connectivity index (χ2v) is 2.47. The van der Waals surface area contributed by atoms with Gasteiger partial charge in [0, 0.05) is 6.08 Å². The molecule has 0 aromatic carbocycles. The molecule has 60 valence electrons.